The van der Waals surface area contributed by atoms with Gasteiger partial charge < -0.3 is 24.8 Å². The first kappa shape index (κ1) is 36.2. The van der Waals surface area contributed by atoms with Crippen LogP contribution in [0.3, 0.4) is 0 Å². The third-order valence-electron chi connectivity index (χ3n) is 5.12. The van der Waals surface area contributed by atoms with Crippen LogP contribution in [0, 0.1) is 0 Å². The van der Waals surface area contributed by atoms with Crippen LogP contribution in [-0.2, 0) is 18.0 Å². The summed E-state index contributed by atoms with van der Waals surface area (Å²) in [4.78, 5) is 22.3. The number of ether oxygens (including phenoxy) is 3. The molecule has 0 fully saturated rings. The van der Waals surface area contributed by atoms with Gasteiger partial charge in [0.15, 0.2) is 11.5 Å². The molecule has 0 aliphatic heterocycles. The summed E-state index contributed by atoms with van der Waals surface area (Å²) in [7, 11) is 1.30. The second kappa shape index (κ2) is 17.8. The molecule has 0 radical (unpaired) electrons. The van der Waals surface area contributed by atoms with Gasteiger partial charge in [-0.2, -0.15) is 0 Å². The van der Waals surface area contributed by atoms with Crippen LogP contribution in [0.2, 0.25) is 20.1 Å². The molecule has 0 unspecified atom stereocenters. The Kier molecular flexibility index (Phi) is 15.7. The van der Waals surface area contributed by atoms with Crippen molar-refractivity contribution in [2.75, 3.05) is 7.11 Å². The fourth-order valence-corrected chi connectivity index (χ4v) is 4.41. The van der Waals surface area contributed by atoms with E-state index in [1.165, 1.54) is 31.4 Å². The van der Waals surface area contributed by atoms with E-state index in [4.69, 9.17) is 61.0 Å². The van der Waals surface area contributed by atoms with Gasteiger partial charge in [-0.25, -0.2) is 9.59 Å². The van der Waals surface area contributed by atoms with Gasteiger partial charge in [-0.15, -0.1) is 0 Å². The van der Waals surface area contributed by atoms with Gasteiger partial charge in [-0.1, -0.05) is 107 Å². The Labute approximate surface area is 269 Å². The van der Waals surface area contributed by atoms with E-state index >= 15 is 0 Å². The van der Waals surface area contributed by atoms with Crippen LogP contribution in [0.4, 0.5) is 0 Å². The average molecular weight is 632 g/mol. The first-order valence-electron chi connectivity index (χ1n) is 11.3. The number of hydrogen-bond donors (Lipinski definition) is 1. The summed E-state index contributed by atoms with van der Waals surface area (Å²) in [5.41, 5.74) is 2.28. The van der Waals surface area contributed by atoms with Crippen molar-refractivity contribution < 1.29 is 53.2 Å². The van der Waals surface area contributed by atoms with Gasteiger partial charge in [0.25, 0.3) is 0 Å². The molecule has 0 aliphatic carbocycles. The summed E-state index contributed by atoms with van der Waals surface area (Å²) < 4.78 is 15.8. The number of carboxylic acid groups (broad SMARTS) is 1. The topological polar surface area (TPSA) is 112 Å². The summed E-state index contributed by atoms with van der Waals surface area (Å²) in [5, 5.41) is 9.78. The molecule has 41 heavy (non-hydrogen) atoms. The summed E-state index contributed by atoms with van der Waals surface area (Å²) in [6.07, 6.45) is 0. The molecule has 2 N–H and O–H groups in total. The Bertz CT molecular complexity index is 1390. The monoisotopic (exact) mass is 630 g/mol. The second-order valence-corrected chi connectivity index (χ2v) is 9.51. The van der Waals surface area contributed by atoms with E-state index in [1.807, 2.05) is 60.7 Å². The SMILES string of the molecule is COC(=O)c1cc(Cl)c(OCc2ccccc2)c(Cl)c1.O=C(O)c1cc(Cl)c(OCc2ccccc2)c(Cl)c1.[Li+].[OH-]. The first-order valence-corrected chi connectivity index (χ1v) is 12.8. The fraction of sp³-hybridized carbons (Fsp3) is 0.103. The van der Waals surface area contributed by atoms with Gasteiger partial charge in [-0.3, -0.25) is 0 Å². The zero-order chi connectivity index (χ0) is 28.4. The van der Waals surface area contributed by atoms with Crippen molar-refractivity contribution in [1.82, 2.24) is 0 Å². The van der Waals surface area contributed by atoms with Crippen molar-refractivity contribution in [3.8, 4) is 11.5 Å². The van der Waals surface area contributed by atoms with Crippen LogP contribution < -0.4 is 28.3 Å². The molecule has 7 nitrogen and oxygen atoms in total. The van der Waals surface area contributed by atoms with Gasteiger partial charge in [0.2, 0.25) is 0 Å². The van der Waals surface area contributed by atoms with Gasteiger partial charge in [0.1, 0.15) is 13.2 Å². The number of carbonyl (C=O) groups is 2. The van der Waals surface area contributed by atoms with E-state index < -0.39 is 11.9 Å². The third-order valence-corrected chi connectivity index (χ3v) is 6.24. The summed E-state index contributed by atoms with van der Waals surface area (Å²) in [6, 6.07) is 24.7. The number of carboxylic acids is 1. The molecule has 0 heterocycles. The number of rotatable bonds is 8. The van der Waals surface area contributed by atoms with E-state index in [2.05, 4.69) is 4.74 Å². The fourth-order valence-electron chi connectivity index (χ4n) is 3.21. The van der Waals surface area contributed by atoms with Crippen LogP contribution in [0.5, 0.6) is 11.5 Å². The van der Waals surface area contributed by atoms with Gasteiger partial charge in [0, 0.05) is 0 Å². The van der Waals surface area contributed by atoms with Crippen molar-refractivity contribution in [3.05, 3.63) is 127 Å². The van der Waals surface area contributed by atoms with E-state index in [-0.39, 0.29) is 61.3 Å². The molecular formula is C29H23Cl4LiO7. The number of halogens is 4. The van der Waals surface area contributed by atoms with Crippen LogP contribution in [0.15, 0.2) is 84.9 Å². The molecule has 0 amide bonds. The van der Waals surface area contributed by atoms with E-state index in [0.29, 0.717) is 19.0 Å². The second-order valence-electron chi connectivity index (χ2n) is 7.88. The molecule has 0 aliphatic rings. The zero-order valence-electron chi connectivity index (χ0n) is 21.9. The van der Waals surface area contributed by atoms with Crippen molar-refractivity contribution in [1.29, 1.82) is 0 Å². The Hall–Kier alpha value is -2.86. The maximum absolute atomic E-state index is 11.4. The molecular weight excluding hydrogens is 609 g/mol. The van der Waals surface area contributed by atoms with Crippen LogP contribution in [0.25, 0.3) is 0 Å². The van der Waals surface area contributed by atoms with Crippen molar-refractivity contribution in [3.63, 3.8) is 0 Å². The summed E-state index contributed by atoms with van der Waals surface area (Å²) >= 11 is 24.1. The standard InChI is InChI=1S/C15H12Cl2O3.C14H10Cl2O3.Li.H2O/c1-19-15(18)11-7-12(16)14(13(17)8-11)20-9-10-5-3-2-4-6-10;15-11-6-10(14(17)18)7-12(16)13(11)19-8-9-4-2-1-3-5-9;;/h2-8H,9H2,1H3;1-7H,8H2,(H,17,18);;1H2/q;;+1;/p-1. The number of hydrogen-bond acceptors (Lipinski definition) is 6. The maximum Gasteiger partial charge on any atom is 1.00 e. The molecule has 0 aromatic heterocycles. The van der Waals surface area contributed by atoms with Gasteiger partial charge in [-0.05, 0) is 35.4 Å². The summed E-state index contributed by atoms with van der Waals surface area (Å²) in [5.74, 6) is -0.941. The minimum atomic E-state index is -1.08. The largest absolute Gasteiger partial charge is 1.00 e. The third kappa shape index (κ3) is 10.8. The van der Waals surface area contributed by atoms with Gasteiger partial charge >= 0.3 is 30.8 Å². The molecule has 12 heteroatoms. The van der Waals surface area contributed by atoms with E-state index in [9.17, 15) is 9.59 Å². The zero-order valence-corrected chi connectivity index (χ0v) is 25.0. The molecule has 0 atom stereocenters. The average Bonchev–Trinajstić information content (AvgIpc) is 2.93. The molecule has 0 saturated heterocycles. The van der Waals surface area contributed by atoms with E-state index in [0.717, 1.165) is 11.1 Å². The maximum atomic E-state index is 11.4. The normalized spacial score (nSPS) is 9.68. The molecule has 0 bridgehead atoms. The smallest absolute Gasteiger partial charge is 0.870 e. The van der Waals surface area contributed by atoms with Crippen LogP contribution in [-0.4, -0.2) is 29.6 Å². The Morgan fingerprint density at radius 1 is 0.659 bits per heavy atom. The van der Waals surface area contributed by atoms with Crippen molar-refractivity contribution in [2.24, 2.45) is 0 Å². The minimum absolute atomic E-state index is 0. The Morgan fingerprint density at radius 3 is 1.32 bits per heavy atom. The van der Waals surface area contributed by atoms with Crippen molar-refractivity contribution >= 4 is 58.3 Å². The molecule has 4 rings (SSSR count). The number of aromatic carboxylic acids is 1. The predicted molar refractivity (Wildman–Crippen MR) is 155 cm³/mol. The minimum Gasteiger partial charge on any atom is -0.870 e. The number of methoxy groups -OCH3 is 1. The van der Waals surface area contributed by atoms with Gasteiger partial charge in [0.05, 0.1) is 38.3 Å². The first-order chi connectivity index (χ1) is 18.7. The number of benzene rings is 4. The molecule has 210 valence electrons. The van der Waals surface area contributed by atoms with E-state index in [1.54, 1.807) is 0 Å². The molecule has 0 spiro atoms. The predicted octanol–water partition coefficient (Wildman–Crippen LogP) is 5.46. The molecule has 0 saturated carbocycles. The Balaban J connectivity index is 0.000000391. The summed E-state index contributed by atoms with van der Waals surface area (Å²) in [6.45, 7) is 0.657. The Morgan fingerprint density at radius 2 is 1.00 bits per heavy atom. The number of esters is 1. The molecule has 4 aromatic rings. The quantitative estimate of drug-likeness (QED) is 0.203. The molecule has 4 aromatic carbocycles. The van der Waals surface area contributed by atoms with Crippen LogP contribution in [0.1, 0.15) is 31.8 Å². The van der Waals surface area contributed by atoms with Crippen molar-refractivity contribution in [2.45, 2.75) is 13.2 Å². The van der Waals surface area contributed by atoms with Crippen LogP contribution >= 0.6 is 46.4 Å². The number of carbonyl (C=O) groups excluding carboxylic acids is 1.